The van der Waals surface area contributed by atoms with Crippen molar-refractivity contribution in [1.29, 1.82) is 0 Å². The Bertz CT molecular complexity index is 247. The van der Waals surface area contributed by atoms with Crippen LogP contribution in [0.5, 0.6) is 0 Å². The van der Waals surface area contributed by atoms with E-state index in [0.717, 1.165) is 25.7 Å². The summed E-state index contributed by atoms with van der Waals surface area (Å²) in [5.41, 5.74) is 0. The fraction of sp³-hybridized carbons (Fsp3) is 0.900. The number of epoxide rings is 1. The molecule has 14 heavy (non-hydrogen) atoms. The Morgan fingerprint density at radius 3 is 2.50 bits per heavy atom. The second-order valence-electron chi connectivity index (χ2n) is 4.25. The van der Waals surface area contributed by atoms with Crippen molar-refractivity contribution in [3.63, 3.8) is 0 Å². The second-order valence-corrected chi connectivity index (χ2v) is 4.25. The Balaban J connectivity index is 1.48. The maximum absolute atomic E-state index is 11.6. The molecule has 0 aromatic rings. The molecule has 2 aliphatic heterocycles. The molecule has 0 radical (unpaired) electrons. The lowest BCUT2D eigenvalue weighted by atomic mass is 9.89. The Kier molecular flexibility index (Phi) is 1.99. The molecule has 4 nitrogen and oxygen atoms in total. The van der Waals surface area contributed by atoms with Gasteiger partial charge in [0.2, 0.25) is 6.29 Å². The van der Waals surface area contributed by atoms with E-state index < -0.39 is 6.29 Å². The van der Waals surface area contributed by atoms with Gasteiger partial charge in [-0.3, -0.25) is 4.79 Å². The van der Waals surface area contributed by atoms with E-state index >= 15 is 0 Å². The Hall–Kier alpha value is -0.610. The zero-order chi connectivity index (χ0) is 9.54. The molecule has 3 aliphatic rings. The van der Waals surface area contributed by atoms with E-state index in [1.807, 2.05) is 0 Å². The minimum absolute atomic E-state index is 0.0440. The quantitative estimate of drug-likeness (QED) is 0.494. The predicted molar refractivity (Wildman–Crippen MR) is 46.2 cm³/mol. The average molecular weight is 198 g/mol. The SMILES string of the molecule is O=C(OC1OC2OC12)C1CCCCC1. The minimum Gasteiger partial charge on any atom is -0.432 e. The lowest BCUT2D eigenvalue weighted by molar-refractivity contribution is -0.212. The summed E-state index contributed by atoms with van der Waals surface area (Å²) in [7, 11) is 0. The number of carbonyl (C=O) groups excluding carboxylic acids is 1. The highest BCUT2D eigenvalue weighted by Crippen LogP contribution is 2.41. The maximum atomic E-state index is 11.6. The first-order chi connectivity index (χ1) is 6.84. The number of fused-ring (bicyclic) bond motifs is 1. The molecule has 3 atom stereocenters. The molecule has 1 saturated carbocycles. The van der Waals surface area contributed by atoms with Gasteiger partial charge in [-0.2, -0.15) is 0 Å². The fourth-order valence-electron chi connectivity index (χ4n) is 2.18. The van der Waals surface area contributed by atoms with Crippen molar-refractivity contribution in [2.45, 2.75) is 50.8 Å². The van der Waals surface area contributed by atoms with Gasteiger partial charge in [0, 0.05) is 0 Å². The zero-order valence-electron chi connectivity index (χ0n) is 7.98. The van der Waals surface area contributed by atoms with Gasteiger partial charge in [-0.05, 0) is 12.8 Å². The van der Waals surface area contributed by atoms with E-state index in [1.165, 1.54) is 6.42 Å². The van der Waals surface area contributed by atoms with Gasteiger partial charge < -0.3 is 14.2 Å². The fourth-order valence-corrected chi connectivity index (χ4v) is 2.18. The molecule has 0 amide bonds. The van der Waals surface area contributed by atoms with E-state index in [2.05, 4.69) is 0 Å². The molecule has 0 bridgehead atoms. The number of hydrogen-bond acceptors (Lipinski definition) is 4. The summed E-state index contributed by atoms with van der Waals surface area (Å²) in [6.07, 6.45) is 5.05. The third-order valence-electron chi connectivity index (χ3n) is 3.19. The van der Waals surface area contributed by atoms with Crippen molar-refractivity contribution >= 4 is 5.97 Å². The molecule has 0 spiro atoms. The highest BCUT2D eigenvalue weighted by Gasteiger charge is 2.61. The molecule has 3 unspecified atom stereocenters. The monoisotopic (exact) mass is 198 g/mol. The van der Waals surface area contributed by atoms with Crippen LogP contribution >= 0.6 is 0 Å². The summed E-state index contributed by atoms with van der Waals surface area (Å²) in [6, 6.07) is 0. The highest BCUT2D eigenvalue weighted by atomic mass is 16.9. The summed E-state index contributed by atoms with van der Waals surface area (Å²) >= 11 is 0. The smallest absolute Gasteiger partial charge is 0.311 e. The molecule has 4 heteroatoms. The standard InChI is InChI=1S/C10H14O4/c11-8(6-4-2-1-3-5-6)13-10-7-9(12-7)14-10/h6-7,9-10H,1-5H2. The topological polar surface area (TPSA) is 48.1 Å². The second kappa shape index (κ2) is 3.21. The molecule has 1 aliphatic carbocycles. The molecule has 3 fully saturated rings. The van der Waals surface area contributed by atoms with Crippen molar-refractivity contribution in [2.75, 3.05) is 0 Å². The van der Waals surface area contributed by atoms with Crippen LogP contribution in [-0.2, 0) is 19.0 Å². The highest BCUT2D eigenvalue weighted by molar-refractivity contribution is 5.72. The summed E-state index contributed by atoms with van der Waals surface area (Å²) in [5.74, 6) is 0.00815. The van der Waals surface area contributed by atoms with Crippen LogP contribution in [0.3, 0.4) is 0 Å². The minimum atomic E-state index is -0.408. The Labute approximate surface area is 82.5 Å². The number of ether oxygens (including phenoxy) is 3. The summed E-state index contributed by atoms with van der Waals surface area (Å²) in [5, 5.41) is 0. The van der Waals surface area contributed by atoms with E-state index in [-0.39, 0.29) is 24.3 Å². The summed E-state index contributed by atoms with van der Waals surface area (Å²) in [4.78, 5) is 11.6. The van der Waals surface area contributed by atoms with Crippen molar-refractivity contribution in [3.05, 3.63) is 0 Å². The number of carbonyl (C=O) groups is 1. The third kappa shape index (κ3) is 1.42. The van der Waals surface area contributed by atoms with Crippen LogP contribution in [0, 0.1) is 5.92 Å². The molecule has 0 N–H and O–H groups in total. The van der Waals surface area contributed by atoms with Gasteiger partial charge >= 0.3 is 5.97 Å². The predicted octanol–water partition coefficient (Wildman–Crippen LogP) is 1.19. The van der Waals surface area contributed by atoms with Crippen molar-refractivity contribution < 1.29 is 19.0 Å². The zero-order valence-corrected chi connectivity index (χ0v) is 7.98. The van der Waals surface area contributed by atoms with Gasteiger partial charge in [0.1, 0.15) is 0 Å². The molecular weight excluding hydrogens is 184 g/mol. The normalized spacial score (nSPS) is 41.0. The molecule has 0 aromatic heterocycles. The average Bonchev–Trinajstić information content (AvgIpc) is 2.87. The van der Waals surface area contributed by atoms with E-state index in [4.69, 9.17) is 14.2 Å². The molecule has 78 valence electrons. The first kappa shape index (κ1) is 8.68. The number of esters is 1. The lowest BCUT2D eigenvalue weighted by Gasteiger charge is -2.25. The summed E-state index contributed by atoms with van der Waals surface area (Å²) in [6.45, 7) is 0. The van der Waals surface area contributed by atoms with E-state index in [9.17, 15) is 4.79 Å². The van der Waals surface area contributed by atoms with Gasteiger partial charge in [-0.1, -0.05) is 19.3 Å². The molecular formula is C10H14O4. The van der Waals surface area contributed by atoms with Crippen LogP contribution in [0.25, 0.3) is 0 Å². The number of rotatable bonds is 2. The van der Waals surface area contributed by atoms with Crippen LogP contribution in [0.15, 0.2) is 0 Å². The number of hydrogen-bond donors (Lipinski definition) is 0. The van der Waals surface area contributed by atoms with Gasteiger partial charge in [-0.15, -0.1) is 0 Å². The largest absolute Gasteiger partial charge is 0.432 e. The van der Waals surface area contributed by atoms with Gasteiger partial charge in [0.25, 0.3) is 0 Å². The first-order valence-electron chi connectivity index (χ1n) is 5.36. The Morgan fingerprint density at radius 2 is 1.93 bits per heavy atom. The maximum Gasteiger partial charge on any atom is 0.311 e. The van der Waals surface area contributed by atoms with Gasteiger partial charge in [0.05, 0.1) is 5.92 Å². The van der Waals surface area contributed by atoms with E-state index in [0.29, 0.717) is 0 Å². The van der Waals surface area contributed by atoms with Crippen LogP contribution in [-0.4, -0.2) is 24.7 Å². The van der Waals surface area contributed by atoms with Crippen molar-refractivity contribution in [2.24, 2.45) is 5.92 Å². The van der Waals surface area contributed by atoms with Crippen molar-refractivity contribution in [3.8, 4) is 0 Å². The molecule has 2 heterocycles. The lowest BCUT2D eigenvalue weighted by Crippen LogP contribution is -2.39. The van der Waals surface area contributed by atoms with E-state index in [1.54, 1.807) is 0 Å². The van der Waals surface area contributed by atoms with Crippen LogP contribution in [0.2, 0.25) is 0 Å². The van der Waals surface area contributed by atoms with Crippen LogP contribution in [0.1, 0.15) is 32.1 Å². The first-order valence-corrected chi connectivity index (χ1v) is 5.36. The molecule has 2 saturated heterocycles. The summed E-state index contributed by atoms with van der Waals surface area (Å²) < 4.78 is 15.3. The Morgan fingerprint density at radius 1 is 1.14 bits per heavy atom. The molecule has 0 aromatic carbocycles. The molecule has 3 rings (SSSR count). The third-order valence-corrected chi connectivity index (χ3v) is 3.19. The van der Waals surface area contributed by atoms with Gasteiger partial charge in [0.15, 0.2) is 12.4 Å². The van der Waals surface area contributed by atoms with Crippen molar-refractivity contribution in [1.82, 2.24) is 0 Å². The van der Waals surface area contributed by atoms with Crippen LogP contribution < -0.4 is 0 Å². The van der Waals surface area contributed by atoms with Gasteiger partial charge in [-0.25, -0.2) is 0 Å². The van der Waals surface area contributed by atoms with Crippen LogP contribution in [0.4, 0.5) is 0 Å².